The van der Waals surface area contributed by atoms with Gasteiger partial charge in [-0.15, -0.1) is 0 Å². The molecule has 0 bridgehead atoms. The summed E-state index contributed by atoms with van der Waals surface area (Å²) in [5.74, 6) is 0.625. The van der Waals surface area contributed by atoms with Crippen LogP contribution in [0.2, 0.25) is 0 Å². The third-order valence-corrected chi connectivity index (χ3v) is 4.01. The third-order valence-electron chi connectivity index (χ3n) is 4.01. The van der Waals surface area contributed by atoms with Crippen LogP contribution in [0.25, 0.3) is 0 Å². The van der Waals surface area contributed by atoms with Gasteiger partial charge in [0.1, 0.15) is 5.69 Å². The molecule has 4 heteroatoms. The van der Waals surface area contributed by atoms with Crippen molar-refractivity contribution in [3.63, 3.8) is 0 Å². The molecule has 18 heavy (non-hydrogen) atoms. The molecule has 0 aromatic carbocycles. The van der Waals surface area contributed by atoms with Gasteiger partial charge in [0.2, 0.25) is 0 Å². The van der Waals surface area contributed by atoms with Crippen molar-refractivity contribution < 1.29 is 4.79 Å². The van der Waals surface area contributed by atoms with Crippen LogP contribution in [-0.2, 0) is 7.05 Å². The van der Waals surface area contributed by atoms with Crippen molar-refractivity contribution in [2.24, 2.45) is 13.0 Å². The Labute approximate surface area is 109 Å². The molecule has 3 N–H and O–H groups in total. The van der Waals surface area contributed by atoms with Gasteiger partial charge in [0, 0.05) is 19.3 Å². The summed E-state index contributed by atoms with van der Waals surface area (Å²) in [5.41, 5.74) is 6.99. The van der Waals surface area contributed by atoms with Crippen LogP contribution in [0.15, 0.2) is 12.3 Å². The molecule has 2 rings (SSSR count). The lowest BCUT2D eigenvalue weighted by Crippen LogP contribution is -2.42. The third kappa shape index (κ3) is 2.68. The maximum absolute atomic E-state index is 12.2. The molecule has 0 saturated heterocycles. The molecule has 1 aliphatic carbocycles. The molecule has 2 unspecified atom stereocenters. The maximum Gasteiger partial charge on any atom is 0.268 e. The van der Waals surface area contributed by atoms with Crippen molar-refractivity contribution in [2.45, 2.75) is 45.1 Å². The van der Waals surface area contributed by atoms with Crippen LogP contribution in [0.4, 0.5) is 5.69 Å². The number of nitrogen functional groups attached to an aromatic ring is 1. The highest BCUT2D eigenvalue weighted by atomic mass is 16.2. The Bertz CT molecular complexity index is 425. The average molecular weight is 249 g/mol. The standard InChI is InChI=1S/C14H23N3O/c1-3-10-6-4-5-7-12(10)16-14(18)13-8-11(15)9-17(13)2/h8-10,12H,3-7,15H2,1-2H3,(H,16,18). The molecule has 1 heterocycles. The summed E-state index contributed by atoms with van der Waals surface area (Å²) in [6.07, 6.45) is 7.76. The monoisotopic (exact) mass is 249 g/mol. The minimum Gasteiger partial charge on any atom is -0.397 e. The Morgan fingerprint density at radius 1 is 1.50 bits per heavy atom. The quantitative estimate of drug-likeness (QED) is 0.863. The smallest absolute Gasteiger partial charge is 0.268 e. The average Bonchev–Trinajstić information content (AvgIpc) is 2.69. The zero-order chi connectivity index (χ0) is 13.1. The van der Waals surface area contributed by atoms with Crippen molar-refractivity contribution >= 4 is 11.6 Å². The molecule has 0 aliphatic heterocycles. The molecule has 2 atom stereocenters. The first-order valence-electron chi connectivity index (χ1n) is 6.84. The summed E-state index contributed by atoms with van der Waals surface area (Å²) in [4.78, 5) is 12.2. The van der Waals surface area contributed by atoms with Crippen molar-refractivity contribution in [2.75, 3.05) is 5.73 Å². The van der Waals surface area contributed by atoms with E-state index >= 15 is 0 Å². The highest BCUT2D eigenvalue weighted by Gasteiger charge is 2.26. The van der Waals surface area contributed by atoms with E-state index in [2.05, 4.69) is 12.2 Å². The van der Waals surface area contributed by atoms with Gasteiger partial charge in [-0.25, -0.2) is 0 Å². The van der Waals surface area contributed by atoms with E-state index in [1.165, 1.54) is 19.3 Å². The van der Waals surface area contributed by atoms with Crippen molar-refractivity contribution in [3.8, 4) is 0 Å². The fourth-order valence-corrected chi connectivity index (χ4v) is 2.94. The number of aryl methyl sites for hydroxylation is 1. The van der Waals surface area contributed by atoms with Crippen LogP contribution < -0.4 is 11.1 Å². The van der Waals surface area contributed by atoms with E-state index in [0.29, 0.717) is 23.3 Å². The Kier molecular flexibility index (Phi) is 3.94. The van der Waals surface area contributed by atoms with Gasteiger partial charge in [0.05, 0.1) is 5.69 Å². The number of anilines is 1. The van der Waals surface area contributed by atoms with Crippen LogP contribution in [0.1, 0.15) is 49.5 Å². The number of nitrogens with zero attached hydrogens (tertiary/aromatic N) is 1. The van der Waals surface area contributed by atoms with Gasteiger partial charge < -0.3 is 15.6 Å². The van der Waals surface area contributed by atoms with Crippen LogP contribution in [0.3, 0.4) is 0 Å². The number of hydrogen-bond donors (Lipinski definition) is 2. The number of carbonyl (C=O) groups excluding carboxylic acids is 1. The number of hydrogen-bond acceptors (Lipinski definition) is 2. The first kappa shape index (κ1) is 13.0. The van der Waals surface area contributed by atoms with Crippen molar-refractivity contribution in [1.82, 2.24) is 9.88 Å². The molecule has 1 aromatic rings. The number of carbonyl (C=O) groups is 1. The lowest BCUT2D eigenvalue weighted by atomic mass is 9.83. The van der Waals surface area contributed by atoms with Gasteiger partial charge in [-0.3, -0.25) is 4.79 Å². The normalized spacial score (nSPS) is 23.9. The minimum atomic E-state index is -0.000417. The van der Waals surface area contributed by atoms with Crippen LogP contribution >= 0.6 is 0 Å². The van der Waals surface area contributed by atoms with Gasteiger partial charge in [-0.2, -0.15) is 0 Å². The summed E-state index contributed by atoms with van der Waals surface area (Å²) in [7, 11) is 1.85. The zero-order valence-corrected chi connectivity index (χ0v) is 11.3. The molecule has 0 spiro atoms. The first-order chi connectivity index (χ1) is 8.61. The van der Waals surface area contributed by atoms with E-state index in [1.807, 2.05) is 7.05 Å². The van der Waals surface area contributed by atoms with Crippen LogP contribution in [0, 0.1) is 5.92 Å². The van der Waals surface area contributed by atoms with Crippen LogP contribution in [0.5, 0.6) is 0 Å². The van der Waals surface area contributed by atoms with Crippen LogP contribution in [-0.4, -0.2) is 16.5 Å². The lowest BCUT2D eigenvalue weighted by molar-refractivity contribution is 0.0896. The second-order valence-electron chi connectivity index (χ2n) is 5.30. The van der Waals surface area contributed by atoms with E-state index < -0.39 is 0 Å². The second kappa shape index (κ2) is 5.46. The van der Waals surface area contributed by atoms with Gasteiger partial charge >= 0.3 is 0 Å². The number of aromatic nitrogens is 1. The van der Waals surface area contributed by atoms with E-state index in [-0.39, 0.29) is 5.91 Å². The summed E-state index contributed by atoms with van der Waals surface area (Å²) < 4.78 is 1.79. The summed E-state index contributed by atoms with van der Waals surface area (Å²) >= 11 is 0. The summed E-state index contributed by atoms with van der Waals surface area (Å²) in [6, 6.07) is 2.06. The molecule has 1 amide bonds. The van der Waals surface area contributed by atoms with E-state index in [4.69, 9.17) is 5.73 Å². The van der Waals surface area contributed by atoms with E-state index in [9.17, 15) is 4.79 Å². The Hall–Kier alpha value is -1.45. The van der Waals surface area contributed by atoms with E-state index in [0.717, 1.165) is 12.8 Å². The number of nitrogens with one attached hydrogen (secondary N) is 1. The number of nitrogens with two attached hydrogens (primary N) is 1. The summed E-state index contributed by atoms with van der Waals surface area (Å²) in [6.45, 7) is 2.20. The van der Waals surface area contributed by atoms with Gasteiger partial charge in [-0.1, -0.05) is 26.2 Å². The predicted molar refractivity (Wildman–Crippen MR) is 73.3 cm³/mol. The Morgan fingerprint density at radius 2 is 2.22 bits per heavy atom. The second-order valence-corrected chi connectivity index (χ2v) is 5.30. The topological polar surface area (TPSA) is 60.1 Å². The number of amides is 1. The molecular weight excluding hydrogens is 226 g/mol. The van der Waals surface area contributed by atoms with Gasteiger partial charge in [-0.05, 0) is 24.8 Å². The Morgan fingerprint density at radius 3 is 2.83 bits per heavy atom. The molecule has 0 radical (unpaired) electrons. The highest BCUT2D eigenvalue weighted by molar-refractivity contribution is 5.94. The first-order valence-corrected chi connectivity index (χ1v) is 6.84. The maximum atomic E-state index is 12.2. The fraction of sp³-hybridized carbons (Fsp3) is 0.643. The summed E-state index contributed by atoms with van der Waals surface area (Å²) in [5, 5.41) is 3.18. The van der Waals surface area contributed by atoms with Gasteiger partial charge in [0.25, 0.3) is 5.91 Å². The molecule has 1 saturated carbocycles. The SMILES string of the molecule is CCC1CCCCC1NC(=O)c1cc(N)cn1C. The molecule has 100 valence electrons. The fourth-order valence-electron chi connectivity index (χ4n) is 2.94. The van der Waals surface area contributed by atoms with Gasteiger partial charge in [0.15, 0.2) is 0 Å². The van der Waals surface area contributed by atoms with E-state index in [1.54, 1.807) is 16.8 Å². The molecule has 4 nitrogen and oxygen atoms in total. The predicted octanol–water partition coefficient (Wildman–Crippen LogP) is 2.31. The Balaban J connectivity index is 2.04. The largest absolute Gasteiger partial charge is 0.397 e. The lowest BCUT2D eigenvalue weighted by Gasteiger charge is -2.31. The molecular formula is C14H23N3O. The van der Waals surface area contributed by atoms with Crippen molar-refractivity contribution in [1.29, 1.82) is 0 Å². The number of rotatable bonds is 3. The zero-order valence-electron chi connectivity index (χ0n) is 11.3. The highest BCUT2D eigenvalue weighted by Crippen LogP contribution is 2.27. The molecule has 1 fully saturated rings. The minimum absolute atomic E-state index is 0.000417. The molecule has 1 aromatic heterocycles. The van der Waals surface area contributed by atoms with Crippen molar-refractivity contribution in [3.05, 3.63) is 18.0 Å². The molecule has 1 aliphatic rings.